The Balaban J connectivity index is 1.20. The van der Waals surface area contributed by atoms with Crippen LogP contribution in [0.15, 0.2) is 224 Å². The van der Waals surface area contributed by atoms with Crippen LogP contribution < -0.4 is 4.90 Å². The fourth-order valence-electron chi connectivity index (χ4n) is 11.0. The molecule has 13 rings (SSSR count). The molecule has 0 saturated carbocycles. The minimum absolute atomic E-state index is 0.153. The van der Waals surface area contributed by atoms with Gasteiger partial charge in [0.2, 0.25) is 0 Å². The number of para-hydroxylation sites is 1. The normalized spacial score (nSPS) is 12.9. The smallest absolute Gasteiger partial charge is 0.0540 e. The van der Waals surface area contributed by atoms with Crippen molar-refractivity contribution < 1.29 is 0 Å². The average molecular weight is 846 g/mol. The molecule has 1 aliphatic carbocycles. The van der Waals surface area contributed by atoms with Crippen LogP contribution in [-0.2, 0) is 5.41 Å². The Labute approximate surface area is 382 Å². The first-order valence-electron chi connectivity index (χ1n) is 22.6. The number of nitrogens with zero attached hydrogens (tertiary/aromatic N) is 1. The third-order valence-corrected chi connectivity index (χ3v) is 15.3. The van der Waals surface area contributed by atoms with E-state index in [0.29, 0.717) is 0 Å². The minimum atomic E-state index is -0.153. The monoisotopic (exact) mass is 845 g/mol. The summed E-state index contributed by atoms with van der Waals surface area (Å²) in [4.78, 5) is 2.50. The predicted octanol–water partition coefficient (Wildman–Crippen LogP) is 18.4. The molecular weight excluding hydrogens is 803 g/mol. The molecule has 0 atom stereocenters. The van der Waals surface area contributed by atoms with Gasteiger partial charge in [0.25, 0.3) is 0 Å². The van der Waals surface area contributed by atoms with Crippen LogP contribution in [0.4, 0.5) is 17.1 Å². The van der Waals surface area contributed by atoms with Crippen molar-refractivity contribution in [1.29, 1.82) is 0 Å². The summed E-state index contributed by atoms with van der Waals surface area (Å²) >= 11 is 1.91. The van der Waals surface area contributed by atoms with Gasteiger partial charge in [-0.15, -0.1) is 11.3 Å². The maximum absolute atomic E-state index is 2.50. The largest absolute Gasteiger partial charge is 0.310 e. The molecule has 11 aromatic carbocycles. The van der Waals surface area contributed by atoms with Crippen LogP contribution >= 0.6 is 11.3 Å². The van der Waals surface area contributed by atoms with Gasteiger partial charge in [0.1, 0.15) is 0 Å². The molecular formula is C63H43NS. The summed E-state index contributed by atoms with van der Waals surface area (Å²) < 4.78 is 2.62. The van der Waals surface area contributed by atoms with Crippen LogP contribution in [0.1, 0.15) is 25.0 Å². The predicted molar refractivity (Wildman–Crippen MR) is 282 cm³/mol. The summed E-state index contributed by atoms with van der Waals surface area (Å²) in [6.07, 6.45) is 0. The van der Waals surface area contributed by atoms with Crippen molar-refractivity contribution in [3.8, 4) is 22.3 Å². The van der Waals surface area contributed by atoms with Crippen LogP contribution in [0.3, 0.4) is 0 Å². The number of benzene rings is 10. The highest BCUT2D eigenvalue weighted by Crippen LogP contribution is 2.52. The fourth-order valence-corrected chi connectivity index (χ4v) is 12.3. The highest BCUT2D eigenvalue weighted by atomic mass is 32.1. The Kier molecular flexibility index (Phi) is 8.50. The van der Waals surface area contributed by atoms with Gasteiger partial charge in [-0.25, -0.2) is 0 Å². The molecule has 306 valence electrons. The number of rotatable bonds is 4. The molecule has 12 aromatic rings. The number of hydrogen-bond donors (Lipinski definition) is 0. The molecule has 1 heterocycles. The molecule has 0 unspecified atom stereocenters. The zero-order valence-corrected chi connectivity index (χ0v) is 37.0. The molecule has 0 fully saturated rings. The molecule has 1 nitrogen and oxygen atoms in total. The van der Waals surface area contributed by atoms with Crippen LogP contribution in [0.25, 0.3) is 96.3 Å². The van der Waals surface area contributed by atoms with E-state index in [9.17, 15) is 0 Å². The maximum atomic E-state index is 2.50. The van der Waals surface area contributed by atoms with Crippen molar-refractivity contribution in [1.82, 2.24) is 0 Å². The summed E-state index contributed by atoms with van der Waals surface area (Å²) in [6.45, 7) is 4.75. The van der Waals surface area contributed by atoms with Crippen molar-refractivity contribution in [3.63, 3.8) is 0 Å². The van der Waals surface area contributed by atoms with Gasteiger partial charge >= 0.3 is 0 Å². The van der Waals surface area contributed by atoms with Gasteiger partial charge in [-0.05, 0) is 113 Å². The molecule has 0 saturated heterocycles. The quantitative estimate of drug-likeness (QED) is 0.171. The molecule has 65 heavy (non-hydrogen) atoms. The highest BCUT2D eigenvalue weighted by molar-refractivity contribution is 7.26. The molecule has 2 heteroatoms. The summed E-state index contributed by atoms with van der Waals surface area (Å²) in [5.74, 6) is 0. The van der Waals surface area contributed by atoms with E-state index in [4.69, 9.17) is 0 Å². The lowest BCUT2D eigenvalue weighted by atomic mass is 9.82. The second kappa shape index (κ2) is 14.6. The molecule has 1 aromatic heterocycles. The van der Waals surface area contributed by atoms with Gasteiger partial charge in [-0.3, -0.25) is 0 Å². The third kappa shape index (κ3) is 5.77. The Bertz CT molecular complexity index is 3990. The molecule has 0 aliphatic heterocycles. The van der Waals surface area contributed by atoms with Gasteiger partial charge in [0, 0.05) is 47.9 Å². The van der Waals surface area contributed by atoms with Crippen LogP contribution in [-0.4, -0.2) is 0 Å². The Morgan fingerprint density at radius 1 is 0.338 bits per heavy atom. The van der Waals surface area contributed by atoms with Crippen molar-refractivity contribution in [2.45, 2.75) is 19.3 Å². The minimum Gasteiger partial charge on any atom is -0.310 e. The SMILES string of the molecule is CC1(C)c2ccccc2-c2ccc(N(c3ccc4c(c3)c3ccccc3c3ccccc3c3ccccc3c3c4ccc4c5ccccc5sc43)c3ccccc3-c3ccccc3)cc21. The van der Waals surface area contributed by atoms with Crippen molar-refractivity contribution >= 4 is 102 Å². The van der Waals surface area contributed by atoms with Gasteiger partial charge < -0.3 is 4.90 Å². The van der Waals surface area contributed by atoms with Gasteiger partial charge in [-0.2, -0.15) is 0 Å². The topological polar surface area (TPSA) is 3.24 Å². The van der Waals surface area contributed by atoms with Crippen LogP contribution in [0, 0.1) is 0 Å². The summed E-state index contributed by atoms with van der Waals surface area (Å²) in [5, 5.41) is 14.9. The van der Waals surface area contributed by atoms with E-state index < -0.39 is 0 Å². The van der Waals surface area contributed by atoms with Crippen molar-refractivity contribution in [2.75, 3.05) is 4.90 Å². The van der Waals surface area contributed by atoms with E-state index in [2.05, 4.69) is 243 Å². The molecule has 1 aliphatic rings. The Morgan fingerprint density at radius 2 is 0.815 bits per heavy atom. The Hall–Kier alpha value is -7.78. The number of thiophene rings is 1. The zero-order valence-electron chi connectivity index (χ0n) is 36.2. The van der Waals surface area contributed by atoms with Gasteiger partial charge in [0.15, 0.2) is 0 Å². The second-order valence-corrected chi connectivity index (χ2v) is 19.0. The zero-order chi connectivity index (χ0) is 43.2. The standard InChI is InChI=1S/C63H43NS/c1-63(2)57-29-15-12-26-50(57)51-35-33-42(39-58(51)63)64(59-30-16-13-20-43(59)40-18-4-3-5-19-40)41-32-34-49-54-36-37-55-52-27-14-17-31-60(52)65-62(55)61(54)53-28-11-10-24-47(53)45-22-7-6-21-44(45)46-23-8-9-25-48(46)56(49)38-41/h3-39H,1-2H3. The first-order valence-corrected chi connectivity index (χ1v) is 23.4. The number of anilines is 3. The van der Waals surface area contributed by atoms with E-state index in [0.717, 1.165) is 17.1 Å². The van der Waals surface area contributed by atoms with Crippen molar-refractivity contribution in [2.24, 2.45) is 0 Å². The Morgan fingerprint density at radius 3 is 1.55 bits per heavy atom. The maximum Gasteiger partial charge on any atom is 0.0540 e. The first-order chi connectivity index (χ1) is 32.0. The first kappa shape index (κ1) is 37.7. The average Bonchev–Trinajstić information content (AvgIpc) is 3.85. The fraction of sp³-hybridized carbons (Fsp3) is 0.0476. The van der Waals surface area contributed by atoms with E-state index in [1.165, 1.54) is 107 Å². The van der Waals surface area contributed by atoms with E-state index in [1.807, 2.05) is 11.3 Å². The molecule has 0 N–H and O–H groups in total. The molecule has 0 spiro atoms. The van der Waals surface area contributed by atoms with Crippen LogP contribution in [0.5, 0.6) is 0 Å². The number of hydrogen-bond acceptors (Lipinski definition) is 2. The molecule has 0 amide bonds. The van der Waals surface area contributed by atoms with Crippen molar-refractivity contribution in [3.05, 3.63) is 236 Å². The highest BCUT2D eigenvalue weighted by Gasteiger charge is 2.36. The lowest BCUT2D eigenvalue weighted by molar-refractivity contribution is 0.660. The summed E-state index contributed by atoms with van der Waals surface area (Å²) in [7, 11) is 0. The van der Waals surface area contributed by atoms with Gasteiger partial charge in [0.05, 0.1) is 5.69 Å². The second-order valence-electron chi connectivity index (χ2n) is 17.9. The van der Waals surface area contributed by atoms with E-state index in [1.54, 1.807) is 0 Å². The lowest BCUT2D eigenvalue weighted by Crippen LogP contribution is -2.16. The van der Waals surface area contributed by atoms with Crippen LogP contribution in [0.2, 0.25) is 0 Å². The summed E-state index contributed by atoms with van der Waals surface area (Å²) in [6, 6.07) is 83.8. The molecule has 0 bridgehead atoms. The lowest BCUT2D eigenvalue weighted by Gasteiger charge is -2.30. The summed E-state index contributed by atoms with van der Waals surface area (Å²) in [5.41, 5.74) is 10.9. The molecule has 0 radical (unpaired) electrons. The van der Waals surface area contributed by atoms with E-state index >= 15 is 0 Å². The van der Waals surface area contributed by atoms with E-state index in [-0.39, 0.29) is 5.41 Å². The van der Waals surface area contributed by atoms with Gasteiger partial charge in [-0.1, -0.05) is 202 Å². The number of fused-ring (bicyclic) bond motifs is 17. The third-order valence-electron chi connectivity index (χ3n) is 14.1.